The number of esters is 1. The van der Waals surface area contributed by atoms with Crippen LogP contribution in [0.4, 0.5) is 0 Å². The van der Waals surface area contributed by atoms with Crippen molar-refractivity contribution < 1.29 is 9.53 Å². The Hall–Kier alpha value is -1.50. The molecule has 1 aromatic carbocycles. The second-order valence-electron chi connectivity index (χ2n) is 2.83. The van der Waals surface area contributed by atoms with E-state index in [0.717, 1.165) is 0 Å². The maximum atomic E-state index is 11.1. The summed E-state index contributed by atoms with van der Waals surface area (Å²) in [7, 11) is 1.21. The number of halogens is 2. The van der Waals surface area contributed by atoms with Gasteiger partial charge in [-0.15, -0.1) is 0 Å². The van der Waals surface area contributed by atoms with Crippen LogP contribution >= 0.6 is 23.2 Å². The van der Waals surface area contributed by atoms with E-state index < -0.39 is 5.97 Å². The number of hydrogen-bond acceptors (Lipinski definition) is 3. The lowest BCUT2D eigenvalue weighted by atomic mass is 10.1. The van der Waals surface area contributed by atoms with Crippen LogP contribution < -0.4 is 0 Å². The van der Waals surface area contributed by atoms with E-state index in [1.165, 1.54) is 19.3 Å². The fraction of sp³-hybridized carbons (Fsp3) is 0.0909. The first-order valence-corrected chi connectivity index (χ1v) is 4.99. The number of nitrogens with zero attached hydrogens (tertiary/aromatic N) is 1. The summed E-state index contributed by atoms with van der Waals surface area (Å²) >= 11 is 11.6. The molecule has 0 amide bonds. The van der Waals surface area contributed by atoms with Gasteiger partial charge in [0.25, 0.3) is 0 Å². The van der Waals surface area contributed by atoms with Crippen LogP contribution in [0.2, 0.25) is 10.0 Å². The standard InChI is InChI=1S/C11H7Cl2NO2/c1-16-11(15)8(6-14)4-7-2-3-9(12)5-10(7)13/h2-5H,1H3/b8-4+. The average molecular weight is 256 g/mol. The van der Waals surface area contributed by atoms with Crippen molar-refractivity contribution in [2.45, 2.75) is 0 Å². The molecule has 0 aromatic heterocycles. The zero-order valence-electron chi connectivity index (χ0n) is 8.33. The van der Waals surface area contributed by atoms with Crippen LogP contribution in [-0.2, 0) is 9.53 Å². The van der Waals surface area contributed by atoms with Gasteiger partial charge in [0.1, 0.15) is 11.6 Å². The molecule has 1 aromatic rings. The molecule has 0 heterocycles. The minimum atomic E-state index is -0.700. The molecule has 3 nitrogen and oxygen atoms in total. The highest BCUT2D eigenvalue weighted by molar-refractivity contribution is 6.35. The van der Waals surface area contributed by atoms with Crippen LogP contribution in [-0.4, -0.2) is 13.1 Å². The Labute approximate surface area is 103 Å². The quantitative estimate of drug-likeness (QED) is 0.464. The molecule has 0 fully saturated rings. The van der Waals surface area contributed by atoms with Crippen molar-refractivity contribution in [2.75, 3.05) is 7.11 Å². The topological polar surface area (TPSA) is 50.1 Å². The molecule has 0 bridgehead atoms. The fourth-order valence-electron chi connectivity index (χ4n) is 1.02. The number of benzene rings is 1. The van der Waals surface area contributed by atoms with Crippen molar-refractivity contribution in [1.29, 1.82) is 5.26 Å². The van der Waals surface area contributed by atoms with Crippen molar-refractivity contribution in [3.63, 3.8) is 0 Å². The number of carbonyl (C=O) groups excluding carboxylic acids is 1. The third kappa shape index (κ3) is 2.99. The minimum Gasteiger partial charge on any atom is -0.465 e. The second-order valence-corrected chi connectivity index (χ2v) is 3.67. The number of ether oxygens (including phenoxy) is 1. The third-order valence-electron chi connectivity index (χ3n) is 1.79. The van der Waals surface area contributed by atoms with Crippen molar-refractivity contribution in [2.24, 2.45) is 0 Å². The molecule has 0 atom stereocenters. The van der Waals surface area contributed by atoms with Crippen LogP contribution in [0.3, 0.4) is 0 Å². The van der Waals surface area contributed by atoms with Crippen molar-refractivity contribution in [3.8, 4) is 6.07 Å². The van der Waals surface area contributed by atoms with Crippen molar-refractivity contribution >= 4 is 35.2 Å². The van der Waals surface area contributed by atoms with E-state index in [2.05, 4.69) is 4.74 Å². The van der Waals surface area contributed by atoms with E-state index in [1.807, 2.05) is 0 Å². The third-order valence-corrected chi connectivity index (χ3v) is 2.35. The fourth-order valence-corrected chi connectivity index (χ4v) is 1.48. The van der Waals surface area contributed by atoms with E-state index in [9.17, 15) is 4.79 Å². The maximum Gasteiger partial charge on any atom is 0.348 e. The molecule has 16 heavy (non-hydrogen) atoms. The summed E-state index contributed by atoms with van der Waals surface area (Å²) in [5.41, 5.74) is 0.416. The number of nitriles is 1. The van der Waals surface area contributed by atoms with Gasteiger partial charge >= 0.3 is 5.97 Å². The largest absolute Gasteiger partial charge is 0.465 e. The molecular formula is C11H7Cl2NO2. The summed E-state index contributed by atoms with van der Waals surface area (Å²) in [5.74, 6) is -0.700. The Bertz CT molecular complexity index is 489. The summed E-state index contributed by atoms with van der Waals surface area (Å²) in [6.45, 7) is 0. The summed E-state index contributed by atoms with van der Waals surface area (Å²) in [6, 6.07) is 6.50. The molecule has 0 saturated carbocycles. The predicted molar refractivity (Wildman–Crippen MR) is 62.1 cm³/mol. The molecule has 0 radical (unpaired) electrons. The Morgan fingerprint density at radius 1 is 1.50 bits per heavy atom. The zero-order chi connectivity index (χ0) is 12.1. The van der Waals surface area contributed by atoms with Gasteiger partial charge in [0, 0.05) is 10.0 Å². The molecule has 0 spiro atoms. The van der Waals surface area contributed by atoms with E-state index in [-0.39, 0.29) is 5.57 Å². The van der Waals surface area contributed by atoms with Crippen LogP contribution in [0.5, 0.6) is 0 Å². The normalized spacial score (nSPS) is 10.8. The summed E-state index contributed by atoms with van der Waals surface area (Å²) in [5, 5.41) is 9.60. The summed E-state index contributed by atoms with van der Waals surface area (Å²) in [4.78, 5) is 11.1. The molecule has 1 rings (SSSR count). The highest BCUT2D eigenvalue weighted by atomic mass is 35.5. The van der Waals surface area contributed by atoms with Gasteiger partial charge in [0.2, 0.25) is 0 Å². The van der Waals surface area contributed by atoms with Crippen LogP contribution in [0.15, 0.2) is 23.8 Å². The van der Waals surface area contributed by atoms with Gasteiger partial charge in [-0.1, -0.05) is 29.3 Å². The van der Waals surface area contributed by atoms with Crippen LogP contribution in [0.25, 0.3) is 6.08 Å². The van der Waals surface area contributed by atoms with E-state index in [1.54, 1.807) is 18.2 Å². The molecule has 5 heteroatoms. The van der Waals surface area contributed by atoms with E-state index in [0.29, 0.717) is 15.6 Å². The van der Waals surface area contributed by atoms with Gasteiger partial charge in [0.15, 0.2) is 0 Å². The average Bonchev–Trinajstić information content (AvgIpc) is 2.27. The molecule has 0 aliphatic carbocycles. The smallest absolute Gasteiger partial charge is 0.348 e. The summed E-state index contributed by atoms with van der Waals surface area (Å²) < 4.78 is 4.44. The number of hydrogen-bond donors (Lipinski definition) is 0. The molecule has 0 N–H and O–H groups in total. The molecule has 82 valence electrons. The Balaban J connectivity index is 3.15. The van der Waals surface area contributed by atoms with Crippen LogP contribution in [0, 0.1) is 11.3 Å². The van der Waals surface area contributed by atoms with Gasteiger partial charge in [0.05, 0.1) is 7.11 Å². The van der Waals surface area contributed by atoms with Gasteiger partial charge in [-0.25, -0.2) is 4.79 Å². The molecular weight excluding hydrogens is 249 g/mol. The van der Waals surface area contributed by atoms with Gasteiger partial charge < -0.3 is 4.74 Å². The second kappa shape index (κ2) is 5.55. The van der Waals surface area contributed by atoms with Gasteiger partial charge in [-0.05, 0) is 23.8 Å². The Morgan fingerprint density at radius 3 is 2.69 bits per heavy atom. The molecule has 0 aliphatic heterocycles. The highest BCUT2D eigenvalue weighted by Gasteiger charge is 2.09. The number of methoxy groups -OCH3 is 1. The monoisotopic (exact) mass is 255 g/mol. The SMILES string of the molecule is COC(=O)/C(C#N)=C/c1ccc(Cl)cc1Cl. The van der Waals surface area contributed by atoms with Crippen molar-refractivity contribution in [3.05, 3.63) is 39.4 Å². The van der Waals surface area contributed by atoms with Gasteiger partial charge in [-0.2, -0.15) is 5.26 Å². The predicted octanol–water partition coefficient (Wildman–Crippen LogP) is 3.07. The summed E-state index contributed by atoms with van der Waals surface area (Å²) in [6.07, 6.45) is 1.35. The Kier molecular flexibility index (Phi) is 4.36. The molecule has 0 saturated heterocycles. The first kappa shape index (κ1) is 12.6. The van der Waals surface area contributed by atoms with E-state index in [4.69, 9.17) is 28.5 Å². The Morgan fingerprint density at radius 2 is 2.19 bits per heavy atom. The van der Waals surface area contributed by atoms with Crippen molar-refractivity contribution in [1.82, 2.24) is 0 Å². The first-order valence-electron chi connectivity index (χ1n) is 4.23. The van der Waals surface area contributed by atoms with Crippen LogP contribution in [0.1, 0.15) is 5.56 Å². The molecule has 0 aliphatic rings. The number of rotatable bonds is 2. The van der Waals surface area contributed by atoms with E-state index >= 15 is 0 Å². The van der Waals surface area contributed by atoms with Gasteiger partial charge in [-0.3, -0.25) is 0 Å². The number of carbonyl (C=O) groups is 1. The highest BCUT2D eigenvalue weighted by Crippen LogP contribution is 2.23. The lowest BCUT2D eigenvalue weighted by molar-refractivity contribution is -0.135. The zero-order valence-corrected chi connectivity index (χ0v) is 9.84. The lowest BCUT2D eigenvalue weighted by Gasteiger charge is -2.00. The lowest BCUT2D eigenvalue weighted by Crippen LogP contribution is -2.02. The first-order chi connectivity index (χ1) is 7.58. The molecule has 0 unspecified atom stereocenters. The maximum absolute atomic E-state index is 11.1. The minimum absolute atomic E-state index is 0.119.